The maximum Gasteiger partial charge on any atom is 0.204 e. The second kappa shape index (κ2) is 5.17. The van der Waals surface area contributed by atoms with Gasteiger partial charge in [-0.2, -0.15) is 0 Å². The lowest BCUT2D eigenvalue weighted by Gasteiger charge is -2.04. The highest BCUT2D eigenvalue weighted by Gasteiger charge is 2.14. The van der Waals surface area contributed by atoms with E-state index in [4.69, 9.17) is 9.15 Å². The molecular weight excluding hydrogens is 259 g/mol. The molecule has 1 aromatic heterocycles. The van der Waals surface area contributed by atoms with E-state index >= 15 is 0 Å². The Morgan fingerprint density at radius 1 is 1.15 bits per heavy atom. The Kier molecular flexibility index (Phi) is 3.21. The van der Waals surface area contributed by atoms with Gasteiger partial charge in [0.15, 0.2) is 6.61 Å². The minimum Gasteiger partial charge on any atom is -0.485 e. The van der Waals surface area contributed by atoms with Crippen molar-refractivity contribution >= 4 is 16.8 Å². The van der Waals surface area contributed by atoms with Gasteiger partial charge in [-0.3, -0.25) is 4.79 Å². The molecule has 2 aromatic carbocycles. The molecule has 1 heterocycles. The number of ether oxygens (including phenoxy) is 1. The SMILES string of the molecule is O=C(COc1cccc(F)c1)c1coc2ccccc12. The molecule has 0 unspecified atom stereocenters. The normalized spacial score (nSPS) is 10.7. The van der Waals surface area contributed by atoms with Crippen LogP contribution in [0.4, 0.5) is 4.39 Å². The molecule has 0 N–H and O–H groups in total. The van der Waals surface area contributed by atoms with Gasteiger partial charge < -0.3 is 9.15 Å². The molecule has 0 fully saturated rings. The lowest BCUT2D eigenvalue weighted by atomic mass is 10.1. The zero-order valence-electron chi connectivity index (χ0n) is 10.5. The Hall–Kier alpha value is -2.62. The number of furan rings is 1. The van der Waals surface area contributed by atoms with Crippen molar-refractivity contribution in [2.75, 3.05) is 6.61 Å². The van der Waals surface area contributed by atoms with Crippen molar-refractivity contribution < 1.29 is 18.3 Å². The summed E-state index contributed by atoms with van der Waals surface area (Å²) in [5.41, 5.74) is 1.12. The molecule has 0 radical (unpaired) electrons. The molecule has 0 aliphatic rings. The molecule has 0 bridgehead atoms. The number of Topliss-reactive ketones (excluding diaryl/α,β-unsaturated/α-hetero) is 1. The van der Waals surface area contributed by atoms with E-state index in [-0.39, 0.29) is 12.4 Å². The van der Waals surface area contributed by atoms with E-state index in [1.54, 1.807) is 12.1 Å². The minimum absolute atomic E-state index is 0.160. The van der Waals surface area contributed by atoms with E-state index < -0.39 is 5.82 Å². The van der Waals surface area contributed by atoms with Gasteiger partial charge in [0.05, 0.1) is 5.56 Å². The number of carbonyl (C=O) groups is 1. The van der Waals surface area contributed by atoms with Gasteiger partial charge in [-0.1, -0.05) is 24.3 Å². The van der Waals surface area contributed by atoms with Crippen molar-refractivity contribution in [1.82, 2.24) is 0 Å². The molecule has 0 aliphatic heterocycles. The van der Waals surface area contributed by atoms with Crippen LogP contribution in [0.1, 0.15) is 10.4 Å². The number of carbonyl (C=O) groups excluding carboxylic acids is 1. The summed E-state index contributed by atoms with van der Waals surface area (Å²) < 4.78 is 23.6. The Labute approximate surface area is 114 Å². The average Bonchev–Trinajstić information content (AvgIpc) is 2.89. The van der Waals surface area contributed by atoms with Gasteiger partial charge in [-0.25, -0.2) is 4.39 Å². The summed E-state index contributed by atoms with van der Waals surface area (Å²) in [6.45, 7) is -0.160. The van der Waals surface area contributed by atoms with Crippen LogP contribution in [0, 0.1) is 5.82 Å². The largest absolute Gasteiger partial charge is 0.485 e. The summed E-state index contributed by atoms with van der Waals surface area (Å²) in [6.07, 6.45) is 1.42. The molecule has 3 rings (SSSR count). The number of halogens is 1. The maximum atomic E-state index is 13.0. The molecule has 0 saturated carbocycles. The number of fused-ring (bicyclic) bond motifs is 1. The first-order chi connectivity index (χ1) is 9.74. The summed E-state index contributed by atoms with van der Waals surface area (Å²) in [6, 6.07) is 13.0. The topological polar surface area (TPSA) is 39.4 Å². The molecule has 100 valence electrons. The van der Waals surface area contributed by atoms with Crippen LogP contribution in [0.15, 0.2) is 59.2 Å². The van der Waals surface area contributed by atoms with E-state index in [0.29, 0.717) is 16.9 Å². The predicted octanol–water partition coefficient (Wildman–Crippen LogP) is 3.83. The highest BCUT2D eigenvalue weighted by molar-refractivity contribution is 6.07. The smallest absolute Gasteiger partial charge is 0.204 e. The Morgan fingerprint density at radius 3 is 2.85 bits per heavy atom. The number of hydrogen-bond acceptors (Lipinski definition) is 3. The van der Waals surface area contributed by atoms with Crippen LogP contribution in [-0.4, -0.2) is 12.4 Å². The van der Waals surface area contributed by atoms with E-state index in [0.717, 1.165) is 5.39 Å². The Morgan fingerprint density at radius 2 is 2.00 bits per heavy atom. The van der Waals surface area contributed by atoms with Crippen LogP contribution < -0.4 is 4.74 Å². The van der Waals surface area contributed by atoms with Crippen LogP contribution >= 0.6 is 0 Å². The molecule has 0 amide bonds. The van der Waals surface area contributed by atoms with Crippen LogP contribution in [0.2, 0.25) is 0 Å². The summed E-state index contributed by atoms with van der Waals surface area (Å²) in [5, 5.41) is 0.750. The molecule has 20 heavy (non-hydrogen) atoms. The van der Waals surface area contributed by atoms with Crippen molar-refractivity contribution in [2.45, 2.75) is 0 Å². The number of ketones is 1. The van der Waals surface area contributed by atoms with Gasteiger partial charge in [0.25, 0.3) is 0 Å². The van der Waals surface area contributed by atoms with Gasteiger partial charge in [0.1, 0.15) is 23.4 Å². The third-order valence-electron chi connectivity index (χ3n) is 2.95. The first-order valence-corrected chi connectivity index (χ1v) is 6.12. The van der Waals surface area contributed by atoms with Crippen molar-refractivity contribution in [3.05, 3.63) is 66.2 Å². The third-order valence-corrected chi connectivity index (χ3v) is 2.95. The lowest BCUT2D eigenvalue weighted by molar-refractivity contribution is 0.0922. The second-order valence-electron chi connectivity index (χ2n) is 4.31. The van der Waals surface area contributed by atoms with Gasteiger partial charge in [0.2, 0.25) is 5.78 Å². The number of hydrogen-bond donors (Lipinski definition) is 0. The summed E-state index contributed by atoms with van der Waals surface area (Å²) in [5.74, 6) is -0.283. The molecule has 3 nitrogen and oxygen atoms in total. The number of benzene rings is 2. The Balaban J connectivity index is 1.76. The number of rotatable bonds is 4. The van der Waals surface area contributed by atoms with E-state index in [1.807, 2.05) is 18.2 Å². The second-order valence-corrected chi connectivity index (χ2v) is 4.31. The van der Waals surface area contributed by atoms with Crippen molar-refractivity contribution in [2.24, 2.45) is 0 Å². The van der Waals surface area contributed by atoms with Crippen LogP contribution in [0.25, 0.3) is 11.0 Å². The number of para-hydroxylation sites is 1. The zero-order valence-corrected chi connectivity index (χ0v) is 10.5. The van der Waals surface area contributed by atoms with Crippen LogP contribution in [-0.2, 0) is 0 Å². The maximum absolute atomic E-state index is 13.0. The molecule has 0 spiro atoms. The molecule has 0 atom stereocenters. The molecule has 0 aliphatic carbocycles. The van der Waals surface area contributed by atoms with E-state index in [1.165, 1.54) is 24.5 Å². The monoisotopic (exact) mass is 270 g/mol. The molecule has 4 heteroatoms. The predicted molar refractivity (Wildman–Crippen MR) is 72.4 cm³/mol. The quantitative estimate of drug-likeness (QED) is 0.676. The Bertz CT molecular complexity index is 761. The van der Waals surface area contributed by atoms with Gasteiger partial charge in [-0.05, 0) is 18.2 Å². The fraction of sp³-hybridized carbons (Fsp3) is 0.0625. The summed E-state index contributed by atoms with van der Waals surface area (Å²) in [4.78, 5) is 12.1. The van der Waals surface area contributed by atoms with Crippen molar-refractivity contribution in [1.29, 1.82) is 0 Å². The fourth-order valence-electron chi connectivity index (χ4n) is 1.98. The fourth-order valence-corrected chi connectivity index (χ4v) is 1.98. The minimum atomic E-state index is -0.399. The lowest BCUT2D eigenvalue weighted by Crippen LogP contribution is -2.11. The first-order valence-electron chi connectivity index (χ1n) is 6.12. The van der Waals surface area contributed by atoms with E-state index in [2.05, 4.69) is 0 Å². The van der Waals surface area contributed by atoms with E-state index in [9.17, 15) is 9.18 Å². The zero-order chi connectivity index (χ0) is 13.9. The highest BCUT2D eigenvalue weighted by Crippen LogP contribution is 2.21. The summed E-state index contributed by atoms with van der Waals surface area (Å²) in [7, 11) is 0. The van der Waals surface area contributed by atoms with Gasteiger partial charge in [-0.15, -0.1) is 0 Å². The molecule has 0 saturated heterocycles. The standard InChI is InChI=1S/C16H11FO3/c17-11-4-3-5-12(8-11)19-10-15(18)14-9-20-16-7-2-1-6-13(14)16/h1-9H,10H2. The van der Waals surface area contributed by atoms with Gasteiger partial charge >= 0.3 is 0 Å². The van der Waals surface area contributed by atoms with Crippen molar-refractivity contribution in [3.63, 3.8) is 0 Å². The molecular formula is C16H11FO3. The first kappa shape index (κ1) is 12.4. The summed E-state index contributed by atoms with van der Waals surface area (Å²) >= 11 is 0. The molecule has 3 aromatic rings. The van der Waals surface area contributed by atoms with Gasteiger partial charge in [0, 0.05) is 11.5 Å². The average molecular weight is 270 g/mol. The third kappa shape index (κ3) is 2.40. The van der Waals surface area contributed by atoms with Crippen LogP contribution in [0.5, 0.6) is 5.75 Å². The van der Waals surface area contributed by atoms with Crippen molar-refractivity contribution in [3.8, 4) is 5.75 Å². The van der Waals surface area contributed by atoms with Crippen LogP contribution in [0.3, 0.4) is 0 Å². The highest BCUT2D eigenvalue weighted by atomic mass is 19.1.